The Kier molecular flexibility index (Phi) is 2.26. The normalized spacial score (nSPS) is 41.4. The van der Waals surface area contributed by atoms with Crippen molar-refractivity contribution in [1.29, 1.82) is 0 Å². The molecule has 2 aliphatic carbocycles. The first kappa shape index (κ1) is 10.2. The average Bonchev–Trinajstić information content (AvgIpc) is 2.00. The van der Waals surface area contributed by atoms with Crippen LogP contribution in [0.1, 0.15) is 52.9 Å². The molecule has 2 rings (SSSR count). The SMILES string of the molecule is CC1(C)CCCC2=C[C@](C)(O)CC[C@H]21. The standard InChI is InChI=1S/C13H22O/c1-12(2)7-4-5-10-9-13(3,14)8-6-11(10)12/h9,11,14H,4-8H2,1-3H3/t11-,13-/m1/s1. The third kappa shape index (κ3) is 1.75. The van der Waals surface area contributed by atoms with Crippen molar-refractivity contribution in [3.8, 4) is 0 Å². The predicted octanol–water partition coefficient (Wildman–Crippen LogP) is 3.28. The van der Waals surface area contributed by atoms with Gasteiger partial charge in [-0.25, -0.2) is 0 Å². The van der Waals surface area contributed by atoms with E-state index in [1.165, 1.54) is 31.3 Å². The predicted molar refractivity (Wildman–Crippen MR) is 59.1 cm³/mol. The van der Waals surface area contributed by atoms with Crippen LogP contribution in [0.25, 0.3) is 0 Å². The molecule has 1 heteroatoms. The fourth-order valence-electron chi connectivity index (χ4n) is 3.26. The van der Waals surface area contributed by atoms with E-state index < -0.39 is 5.60 Å². The monoisotopic (exact) mass is 194 g/mol. The van der Waals surface area contributed by atoms with Crippen LogP contribution in [0.15, 0.2) is 11.6 Å². The summed E-state index contributed by atoms with van der Waals surface area (Å²) in [6.45, 7) is 6.70. The Balaban J connectivity index is 2.28. The Labute approximate surface area is 87.2 Å². The highest BCUT2D eigenvalue weighted by atomic mass is 16.3. The molecule has 0 amide bonds. The third-order valence-electron chi connectivity index (χ3n) is 4.11. The molecule has 14 heavy (non-hydrogen) atoms. The lowest BCUT2D eigenvalue weighted by Gasteiger charge is -2.45. The second-order valence-corrected chi connectivity index (χ2v) is 6.01. The van der Waals surface area contributed by atoms with Gasteiger partial charge in [0, 0.05) is 0 Å². The van der Waals surface area contributed by atoms with Gasteiger partial charge in [-0.2, -0.15) is 0 Å². The van der Waals surface area contributed by atoms with Crippen molar-refractivity contribution in [2.75, 3.05) is 0 Å². The highest BCUT2D eigenvalue weighted by Gasteiger charge is 2.39. The molecule has 80 valence electrons. The summed E-state index contributed by atoms with van der Waals surface area (Å²) in [6, 6.07) is 0. The van der Waals surface area contributed by atoms with E-state index in [4.69, 9.17) is 0 Å². The lowest BCUT2D eigenvalue weighted by atomic mass is 9.61. The molecule has 0 aromatic heterocycles. The van der Waals surface area contributed by atoms with E-state index in [1.807, 2.05) is 6.92 Å². The molecule has 0 aliphatic heterocycles. The minimum Gasteiger partial charge on any atom is -0.386 e. The van der Waals surface area contributed by atoms with Crippen LogP contribution >= 0.6 is 0 Å². The molecule has 0 bridgehead atoms. The molecule has 1 N–H and O–H groups in total. The zero-order chi connectivity index (χ0) is 10.4. The van der Waals surface area contributed by atoms with Crippen molar-refractivity contribution in [3.05, 3.63) is 11.6 Å². The largest absolute Gasteiger partial charge is 0.386 e. The fourth-order valence-corrected chi connectivity index (χ4v) is 3.26. The fraction of sp³-hybridized carbons (Fsp3) is 0.846. The quantitative estimate of drug-likeness (QED) is 0.587. The van der Waals surface area contributed by atoms with E-state index in [0.29, 0.717) is 5.41 Å². The minimum absolute atomic E-state index is 0.459. The summed E-state index contributed by atoms with van der Waals surface area (Å²) in [6.07, 6.45) is 8.10. The third-order valence-corrected chi connectivity index (χ3v) is 4.11. The van der Waals surface area contributed by atoms with Crippen LogP contribution in [0, 0.1) is 11.3 Å². The molecule has 2 atom stereocenters. The highest BCUT2D eigenvalue weighted by Crippen LogP contribution is 2.49. The molecule has 0 spiro atoms. The molecule has 2 aliphatic rings. The van der Waals surface area contributed by atoms with Crippen molar-refractivity contribution >= 4 is 0 Å². The topological polar surface area (TPSA) is 20.2 Å². The first-order valence-corrected chi connectivity index (χ1v) is 5.85. The zero-order valence-corrected chi connectivity index (χ0v) is 9.64. The maximum atomic E-state index is 10.0. The van der Waals surface area contributed by atoms with Gasteiger partial charge in [0.1, 0.15) is 0 Å². The molecule has 0 unspecified atom stereocenters. The summed E-state index contributed by atoms with van der Waals surface area (Å²) in [5.41, 5.74) is 1.46. The van der Waals surface area contributed by atoms with Crippen molar-refractivity contribution in [3.63, 3.8) is 0 Å². The van der Waals surface area contributed by atoms with E-state index >= 15 is 0 Å². The van der Waals surface area contributed by atoms with Crippen molar-refractivity contribution < 1.29 is 5.11 Å². The van der Waals surface area contributed by atoms with Crippen LogP contribution < -0.4 is 0 Å². The lowest BCUT2D eigenvalue weighted by Crippen LogP contribution is -2.37. The summed E-state index contributed by atoms with van der Waals surface area (Å²) in [5.74, 6) is 0.733. The Bertz CT molecular complexity index is 260. The number of rotatable bonds is 0. The van der Waals surface area contributed by atoms with Gasteiger partial charge in [0.25, 0.3) is 0 Å². The highest BCUT2D eigenvalue weighted by molar-refractivity contribution is 5.21. The van der Waals surface area contributed by atoms with Gasteiger partial charge in [-0.1, -0.05) is 25.5 Å². The molecule has 0 radical (unpaired) electrons. The van der Waals surface area contributed by atoms with Crippen molar-refractivity contribution in [2.24, 2.45) is 11.3 Å². The second-order valence-electron chi connectivity index (χ2n) is 6.01. The Morgan fingerprint density at radius 2 is 2.00 bits per heavy atom. The maximum Gasteiger partial charge on any atom is 0.0802 e. The van der Waals surface area contributed by atoms with E-state index in [2.05, 4.69) is 19.9 Å². The zero-order valence-electron chi connectivity index (χ0n) is 9.64. The van der Waals surface area contributed by atoms with E-state index in [1.54, 1.807) is 0 Å². The Hall–Kier alpha value is -0.300. The summed E-state index contributed by atoms with van der Waals surface area (Å²) in [7, 11) is 0. The van der Waals surface area contributed by atoms with E-state index in [9.17, 15) is 5.11 Å². The molecule has 0 heterocycles. The number of aliphatic hydroxyl groups is 1. The van der Waals surface area contributed by atoms with Gasteiger partial charge in [-0.3, -0.25) is 0 Å². The maximum absolute atomic E-state index is 10.0. The number of hydrogen-bond acceptors (Lipinski definition) is 1. The van der Waals surface area contributed by atoms with Crippen LogP contribution in [-0.2, 0) is 0 Å². The molecule has 0 saturated heterocycles. The molecule has 1 nitrogen and oxygen atoms in total. The van der Waals surface area contributed by atoms with Gasteiger partial charge < -0.3 is 5.11 Å². The number of fused-ring (bicyclic) bond motifs is 1. The second kappa shape index (κ2) is 3.10. The van der Waals surface area contributed by atoms with E-state index in [0.717, 1.165) is 12.3 Å². The summed E-state index contributed by atoms with van der Waals surface area (Å²) in [4.78, 5) is 0. The minimum atomic E-state index is -0.529. The first-order valence-electron chi connectivity index (χ1n) is 5.85. The van der Waals surface area contributed by atoms with Gasteiger partial charge in [0.05, 0.1) is 5.60 Å². The molecular formula is C13H22O. The van der Waals surface area contributed by atoms with Crippen LogP contribution in [-0.4, -0.2) is 10.7 Å². The number of hydrogen-bond donors (Lipinski definition) is 1. The van der Waals surface area contributed by atoms with Gasteiger partial charge in [0.15, 0.2) is 0 Å². The Morgan fingerprint density at radius 3 is 2.71 bits per heavy atom. The average molecular weight is 194 g/mol. The lowest BCUT2D eigenvalue weighted by molar-refractivity contribution is 0.0600. The molecule has 1 saturated carbocycles. The summed E-state index contributed by atoms with van der Waals surface area (Å²) >= 11 is 0. The number of allylic oxidation sites excluding steroid dienone is 1. The van der Waals surface area contributed by atoms with Gasteiger partial charge in [-0.15, -0.1) is 0 Å². The van der Waals surface area contributed by atoms with Crippen molar-refractivity contribution in [1.82, 2.24) is 0 Å². The van der Waals surface area contributed by atoms with Crippen LogP contribution in [0.5, 0.6) is 0 Å². The van der Waals surface area contributed by atoms with Crippen LogP contribution in [0.4, 0.5) is 0 Å². The summed E-state index contributed by atoms with van der Waals surface area (Å²) in [5, 5.41) is 10.0. The smallest absolute Gasteiger partial charge is 0.0802 e. The van der Waals surface area contributed by atoms with Gasteiger partial charge in [0.2, 0.25) is 0 Å². The molecule has 0 aromatic carbocycles. The molecule has 0 aromatic rings. The van der Waals surface area contributed by atoms with Gasteiger partial charge >= 0.3 is 0 Å². The van der Waals surface area contributed by atoms with Crippen LogP contribution in [0.2, 0.25) is 0 Å². The van der Waals surface area contributed by atoms with E-state index in [-0.39, 0.29) is 0 Å². The first-order chi connectivity index (χ1) is 6.41. The molecule has 1 fully saturated rings. The van der Waals surface area contributed by atoms with Gasteiger partial charge in [-0.05, 0) is 50.4 Å². The summed E-state index contributed by atoms with van der Waals surface area (Å²) < 4.78 is 0. The molecular weight excluding hydrogens is 172 g/mol. The van der Waals surface area contributed by atoms with Crippen molar-refractivity contribution in [2.45, 2.75) is 58.5 Å². The van der Waals surface area contributed by atoms with Crippen LogP contribution in [0.3, 0.4) is 0 Å². The Morgan fingerprint density at radius 1 is 1.29 bits per heavy atom.